The van der Waals surface area contributed by atoms with E-state index in [4.69, 9.17) is 4.74 Å². The molecular weight excluding hydrogens is 260 g/mol. The highest BCUT2D eigenvalue weighted by Crippen LogP contribution is 2.31. The summed E-state index contributed by atoms with van der Waals surface area (Å²) in [6.45, 7) is 3.45. The Labute approximate surface area is 115 Å². The zero-order valence-electron chi connectivity index (χ0n) is 11.4. The van der Waals surface area contributed by atoms with Crippen LogP contribution in [0, 0.1) is 24.0 Å². The van der Waals surface area contributed by atoms with E-state index in [0.29, 0.717) is 23.1 Å². The number of hydrogen-bond donors (Lipinski definition) is 1. The summed E-state index contributed by atoms with van der Waals surface area (Å²) in [5.74, 6) is 1.20. The van der Waals surface area contributed by atoms with Crippen LogP contribution in [0.4, 0.5) is 11.6 Å². The minimum absolute atomic E-state index is 0.0167. The van der Waals surface area contributed by atoms with E-state index in [9.17, 15) is 10.1 Å². The summed E-state index contributed by atoms with van der Waals surface area (Å²) in [6, 6.07) is 4.69. The Hall–Kier alpha value is -2.70. The van der Waals surface area contributed by atoms with E-state index in [-0.39, 0.29) is 5.69 Å². The summed E-state index contributed by atoms with van der Waals surface area (Å²) in [7, 11) is 1.70. The summed E-state index contributed by atoms with van der Waals surface area (Å²) in [5, 5.41) is 13.7. The Kier molecular flexibility index (Phi) is 3.79. The number of hydrogen-bond acceptors (Lipinski definition) is 6. The van der Waals surface area contributed by atoms with Gasteiger partial charge in [0.15, 0.2) is 0 Å². The van der Waals surface area contributed by atoms with Crippen molar-refractivity contribution in [2.75, 3.05) is 12.4 Å². The van der Waals surface area contributed by atoms with Crippen LogP contribution in [0.2, 0.25) is 0 Å². The van der Waals surface area contributed by atoms with Crippen LogP contribution >= 0.6 is 0 Å². The van der Waals surface area contributed by atoms with Gasteiger partial charge in [-0.25, -0.2) is 4.98 Å². The molecule has 0 atom stereocenters. The fourth-order valence-electron chi connectivity index (χ4n) is 1.67. The summed E-state index contributed by atoms with van der Waals surface area (Å²) in [4.78, 5) is 18.7. The number of nitro groups is 1. The van der Waals surface area contributed by atoms with Crippen LogP contribution in [0.15, 0.2) is 24.4 Å². The lowest BCUT2D eigenvalue weighted by Gasteiger charge is -2.10. The number of anilines is 1. The van der Waals surface area contributed by atoms with Gasteiger partial charge in [0.25, 0.3) is 5.69 Å². The van der Waals surface area contributed by atoms with Crippen molar-refractivity contribution in [2.45, 2.75) is 13.8 Å². The molecule has 1 aromatic carbocycles. The normalized spacial score (nSPS) is 10.2. The third kappa shape index (κ3) is 2.66. The summed E-state index contributed by atoms with van der Waals surface area (Å²) >= 11 is 0. The van der Waals surface area contributed by atoms with E-state index >= 15 is 0 Å². The average molecular weight is 274 g/mol. The van der Waals surface area contributed by atoms with Gasteiger partial charge in [-0.1, -0.05) is 6.07 Å². The van der Waals surface area contributed by atoms with Crippen LogP contribution in [0.25, 0.3) is 0 Å². The third-order valence-electron chi connectivity index (χ3n) is 2.81. The highest BCUT2D eigenvalue weighted by atomic mass is 16.6. The zero-order valence-corrected chi connectivity index (χ0v) is 11.4. The Bertz CT molecular complexity index is 658. The fourth-order valence-corrected chi connectivity index (χ4v) is 1.67. The Morgan fingerprint density at radius 3 is 2.75 bits per heavy atom. The highest BCUT2D eigenvalue weighted by molar-refractivity contribution is 5.50. The van der Waals surface area contributed by atoms with Crippen molar-refractivity contribution in [3.63, 3.8) is 0 Å². The minimum Gasteiger partial charge on any atom is -0.438 e. The largest absolute Gasteiger partial charge is 0.438 e. The first-order chi connectivity index (χ1) is 9.52. The van der Waals surface area contributed by atoms with Crippen molar-refractivity contribution in [1.82, 2.24) is 9.97 Å². The lowest BCUT2D eigenvalue weighted by molar-refractivity contribution is -0.385. The van der Waals surface area contributed by atoms with Gasteiger partial charge in [-0.3, -0.25) is 10.1 Å². The molecule has 0 spiro atoms. The van der Waals surface area contributed by atoms with Crippen molar-refractivity contribution in [3.05, 3.63) is 45.6 Å². The van der Waals surface area contributed by atoms with E-state index in [2.05, 4.69) is 15.3 Å². The van der Waals surface area contributed by atoms with Crippen LogP contribution in [0.5, 0.6) is 11.6 Å². The van der Waals surface area contributed by atoms with Gasteiger partial charge in [0.2, 0.25) is 11.8 Å². The Morgan fingerprint density at radius 1 is 1.35 bits per heavy atom. The molecule has 1 heterocycles. The molecule has 0 bridgehead atoms. The van der Waals surface area contributed by atoms with Gasteiger partial charge in [-0.05, 0) is 19.9 Å². The number of rotatable bonds is 4. The second-order valence-electron chi connectivity index (χ2n) is 4.19. The number of nitrogens with zero attached hydrogens (tertiary/aromatic N) is 3. The van der Waals surface area contributed by atoms with Gasteiger partial charge in [0.1, 0.15) is 5.75 Å². The molecule has 1 aromatic heterocycles. The highest BCUT2D eigenvalue weighted by Gasteiger charge is 2.16. The quantitative estimate of drug-likeness (QED) is 0.681. The molecule has 0 aliphatic heterocycles. The van der Waals surface area contributed by atoms with Crippen molar-refractivity contribution in [3.8, 4) is 11.6 Å². The molecule has 2 rings (SSSR count). The molecule has 7 heteroatoms. The van der Waals surface area contributed by atoms with E-state index in [0.717, 1.165) is 5.56 Å². The topological polar surface area (TPSA) is 90.2 Å². The maximum absolute atomic E-state index is 10.9. The van der Waals surface area contributed by atoms with E-state index in [1.165, 1.54) is 6.07 Å². The lowest BCUT2D eigenvalue weighted by atomic mass is 10.2. The van der Waals surface area contributed by atoms with Gasteiger partial charge < -0.3 is 10.1 Å². The van der Waals surface area contributed by atoms with Crippen LogP contribution in [0.3, 0.4) is 0 Å². The smallest absolute Gasteiger partial charge is 0.276 e. The van der Waals surface area contributed by atoms with Gasteiger partial charge in [0, 0.05) is 24.9 Å². The molecule has 20 heavy (non-hydrogen) atoms. The monoisotopic (exact) mass is 274 g/mol. The van der Waals surface area contributed by atoms with E-state index in [1.807, 2.05) is 6.92 Å². The summed E-state index contributed by atoms with van der Waals surface area (Å²) in [6.07, 6.45) is 1.63. The predicted octanol–water partition coefficient (Wildman–Crippen LogP) is 2.84. The second kappa shape index (κ2) is 5.52. The molecule has 0 radical (unpaired) electrons. The minimum atomic E-state index is -0.436. The molecule has 0 amide bonds. The fraction of sp³-hybridized carbons (Fsp3) is 0.231. The Balaban J connectivity index is 2.40. The number of nitrogens with one attached hydrogen (secondary N) is 1. The maximum Gasteiger partial charge on any atom is 0.276 e. The Morgan fingerprint density at radius 2 is 2.10 bits per heavy atom. The second-order valence-corrected chi connectivity index (χ2v) is 4.19. The van der Waals surface area contributed by atoms with Crippen molar-refractivity contribution in [2.24, 2.45) is 0 Å². The average Bonchev–Trinajstić information content (AvgIpc) is 2.43. The van der Waals surface area contributed by atoms with Crippen molar-refractivity contribution < 1.29 is 9.66 Å². The molecular formula is C13H14N4O3. The van der Waals surface area contributed by atoms with Gasteiger partial charge >= 0.3 is 0 Å². The zero-order chi connectivity index (χ0) is 14.7. The van der Waals surface area contributed by atoms with Crippen LogP contribution in [-0.2, 0) is 0 Å². The molecule has 0 aliphatic rings. The molecule has 1 N–H and O–H groups in total. The van der Waals surface area contributed by atoms with Crippen LogP contribution < -0.4 is 10.1 Å². The van der Waals surface area contributed by atoms with Crippen molar-refractivity contribution in [1.29, 1.82) is 0 Å². The lowest BCUT2D eigenvalue weighted by Crippen LogP contribution is -2.01. The first kappa shape index (κ1) is 13.7. The first-order valence-corrected chi connectivity index (χ1v) is 5.96. The van der Waals surface area contributed by atoms with Crippen LogP contribution in [-0.4, -0.2) is 21.9 Å². The molecule has 2 aromatic rings. The number of ether oxygens (including phenoxy) is 1. The van der Waals surface area contributed by atoms with Gasteiger partial charge in [-0.2, -0.15) is 4.98 Å². The summed E-state index contributed by atoms with van der Waals surface area (Å²) < 4.78 is 5.68. The molecule has 0 saturated heterocycles. The molecule has 0 fully saturated rings. The third-order valence-corrected chi connectivity index (χ3v) is 2.81. The van der Waals surface area contributed by atoms with E-state index < -0.39 is 4.92 Å². The predicted molar refractivity (Wildman–Crippen MR) is 74.2 cm³/mol. The van der Waals surface area contributed by atoms with Crippen molar-refractivity contribution >= 4 is 11.6 Å². The first-order valence-electron chi connectivity index (χ1n) is 5.96. The number of aryl methyl sites for hydroxylation is 1. The maximum atomic E-state index is 10.9. The molecule has 104 valence electrons. The molecule has 0 saturated carbocycles. The number of nitro benzene ring substituents is 1. The number of benzene rings is 1. The van der Waals surface area contributed by atoms with Gasteiger partial charge in [-0.15, -0.1) is 0 Å². The van der Waals surface area contributed by atoms with Gasteiger partial charge in [0.05, 0.1) is 10.5 Å². The molecule has 0 aliphatic carbocycles. The molecule has 7 nitrogen and oxygen atoms in total. The summed E-state index contributed by atoms with van der Waals surface area (Å²) in [5.41, 5.74) is 1.22. The SMILES string of the molecule is CNc1ncc(C)c(Oc2cccc([N+](=O)[O-])c2C)n1. The standard InChI is InChI=1S/C13H14N4O3/c1-8-7-15-13(14-3)16-12(8)20-11-6-4-5-10(9(11)2)17(18)19/h4-7H,1-3H3,(H,14,15,16). The van der Waals surface area contributed by atoms with E-state index in [1.54, 1.807) is 32.3 Å². The van der Waals surface area contributed by atoms with Crippen LogP contribution in [0.1, 0.15) is 11.1 Å². The number of aromatic nitrogens is 2. The molecule has 0 unspecified atom stereocenters.